The Labute approximate surface area is 276 Å². The molecule has 0 spiro atoms. The summed E-state index contributed by atoms with van der Waals surface area (Å²) in [4.78, 5) is 16.3. The van der Waals surface area contributed by atoms with Gasteiger partial charge in [-0.25, -0.2) is 0 Å². The number of rotatable bonds is 9. The van der Waals surface area contributed by atoms with Crippen molar-refractivity contribution in [2.75, 3.05) is 0 Å². The largest absolute Gasteiger partial charge is 0.512 e. The summed E-state index contributed by atoms with van der Waals surface area (Å²) < 4.78 is 6.26. The molecule has 0 unspecified atom stereocenters. The van der Waals surface area contributed by atoms with Gasteiger partial charge < -0.3 is 9.52 Å². The number of furan rings is 1. The van der Waals surface area contributed by atoms with Gasteiger partial charge in [0.1, 0.15) is 5.58 Å². The first kappa shape index (κ1) is 35.2. The average Bonchev–Trinajstić information content (AvgIpc) is 3.35. The second kappa shape index (κ2) is 15.6. The van der Waals surface area contributed by atoms with Gasteiger partial charge in [0.25, 0.3) is 0 Å². The first-order valence-electron chi connectivity index (χ1n) is 15.7. The van der Waals surface area contributed by atoms with Crippen molar-refractivity contribution < 1.29 is 34.4 Å². The van der Waals surface area contributed by atoms with Crippen molar-refractivity contribution >= 4 is 38.6 Å². The number of ketones is 1. The molecule has 0 bridgehead atoms. The van der Waals surface area contributed by atoms with E-state index in [2.05, 4.69) is 74.3 Å². The number of hydrogen-bond acceptors (Lipinski definition) is 4. The number of nitrogens with zero attached hydrogens (tertiary/aromatic N) is 1. The minimum absolute atomic E-state index is 0. The van der Waals surface area contributed by atoms with Crippen LogP contribution in [0.2, 0.25) is 0 Å². The molecule has 5 rings (SSSR count). The molecule has 0 saturated heterocycles. The van der Waals surface area contributed by atoms with E-state index in [-0.39, 0.29) is 48.9 Å². The van der Waals surface area contributed by atoms with Gasteiger partial charge in [-0.1, -0.05) is 108 Å². The van der Waals surface area contributed by atoms with Gasteiger partial charge in [0.05, 0.1) is 16.9 Å². The van der Waals surface area contributed by atoms with Gasteiger partial charge in [-0.15, -0.1) is 17.5 Å². The Morgan fingerprint density at radius 3 is 2.18 bits per heavy atom. The summed E-state index contributed by atoms with van der Waals surface area (Å²) in [6.45, 7) is 14.9. The van der Waals surface area contributed by atoms with Crippen molar-refractivity contribution in [3.63, 3.8) is 0 Å². The van der Waals surface area contributed by atoms with Crippen LogP contribution in [0.25, 0.3) is 44.0 Å². The maximum absolute atomic E-state index is 11.7. The van der Waals surface area contributed by atoms with Crippen molar-refractivity contribution in [3.05, 3.63) is 90.3 Å². The first-order valence-corrected chi connectivity index (χ1v) is 15.7. The molecule has 0 amide bonds. The summed E-state index contributed by atoms with van der Waals surface area (Å²) in [7, 11) is 0. The quantitative estimate of drug-likeness (QED) is 0.0921. The van der Waals surface area contributed by atoms with Crippen molar-refractivity contribution in [3.8, 4) is 11.1 Å². The van der Waals surface area contributed by atoms with Crippen molar-refractivity contribution in [1.82, 2.24) is 4.98 Å². The minimum atomic E-state index is 0. The number of hydrogen-bond donors (Lipinski definition) is 1. The molecule has 0 aliphatic heterocycles. The normalized spacial score (nSPS) is 12.1. The predicted molar refractivity (Wildman–Crippen MR) is 180 cm³/mol. The number of benzene rings is 3. The van der Waals surface area contributed by atoms with Crippen LogP contribution in [0.5, 0.6) is 0 Å². The van der Waals surface area contributed by atoms with E-state index in [0.717, 1.165) is 76.1 Å². The molecule has 2 heterocycles. The van der Waals surface area contributed by atoms with E-state index < -0.39 is 0 Å². The molecule has 0 aliphatic rings. The second-order valence-electron chi connectivity index (χ2n) is 12.7. The summed E-state index contributed by atoms with van der Waals surface area (Å²) in [6, 6.07) is 24.6. The Bertz CT molecular complexity index is 1700. The van der Waals surface area contributed by atoms with Crippen LogP contribution < -0.4 is 0 Å². The molecule has 235 valence electrons. The predicted octanol–water partition coefficient (Wildman–Crippen LogP) is 11.1. The Morgan fingerprint density at radius 1 is 0.932 bits per heavy atom. The van der Waals surface area contributed by atoms with Crippen molar-refractivity contribution in [1.29, 1.82) is 0 Å². The van der Waals surface area contributed by atoms with Gasteiger partial charge in [0, 0.05) is 49.8 Å². The molecule has 0 saturated carbocycles. The van der Waals surface area contributed by atoms with Crippen LogP contribution in [-0.2, 0) is 31.3 Å². The molecule has 5 heteroatoms. The number of fused-ring (bicyclic) bond motifs is 4. The standard InChI is InChI=1S/C26H22NO.C13H24O2.Ir/c1-26(2,3)16-17-8-10-18(11-9-17)21-12-13-27-24-22-14-19-6-4-5-7-20(19)15-23(22)28-25(21)24;1-5-10(6-2)12(14)9-13(15)11(7-3)8-4;/h4-13,15H,16H2,1-3H3;9-11,14H,5-8H2,1-4H3;/q-1;;/b;12-9-;. The van der Waals surface area contributed by atoms with Gasteiger partial charge in [-0.2, -0.15) is 0 Å². The van der Waals surface area contributed by atoms with E-state index >= 15 is 0 Å². The molecule has 1 N–H and O–H groups in total. The molecule has 2 aromatic heterocycles. The van der Waals surface area contributed by atoms with E-state index in [0.29, 0.717) is 0 Å². The van der Waals surface area contributed by atoms with Crippen LogP contribution in [0, 0.1) is 23.3 Å². The first-order chi connectivity index (χ1) is 20.6. The fourth-order valence-corrected chi connectivity index (χ4v) is 5.66. The monoisotopic (exact) mass is 769 g/mol. The molecule has 0 atom stereocenters. The Kier molecular flexibility index (Phi) is 12.5. The van der Waals surface area contributed by atoms with Crippen LogP contribution in [0.3, 0.4) is 0 Å². The van der Waals surface area contributed by atoms with Gasteiger partial charge >= 0.3 is 0 Å². The minimum Gasteiger partial charge on any atom is -0.512 e. The molecule has 0 aliphatic carbocycles. The number of aliphatic hydroxyl groups excluding tert-OH is 1. The van der Waals surface area contributed by atoms with E-state index in [1.54, 1.807) is 0 Å². The van der Waals surface area contributed by atoms with Crippen LogP contribution in [0.4, 0.5) is 0 Å². The Balaban J connectivity index is 0.000000286. The van der Waals surface area contributed by atoms with Gasteiger partial charge in [0.15, 0.2) is 5.78 Å². The van der Waals surface area contributed by atoms with Crippen LogP contribution in [0.1, 0.15) is 79.7 Å². The summed E-state index contributed by atoms with van der Waals surface area (Å²) in [5.41, 5.74) is 6.38. The van der Waals surface area contributed by atoms with Gasteiger partial charge in [-0.05, 0) is 54.7 Å². The third-order valence-electron chi connectivity index (χ3n) is 8.19. The number of carbonyl (C=O) groups is 1. The number of allylic oxidation sites excluding steroid dienone is 2. The molecule has 44 heavy (non-hydrogen) atoms. The van der Waals surface area contributed by atoms with E-state index in [1.807, 2.05) is 52.1 Å². The fourth-order valence-electron chi connectivity index (χ4n) is 5.66. The third kappa shape index (κ3) is 8.46. The molecule has 5 aromatic rings. The zero-order valence-corrected chi connectivity index (χ0v) is 29.6. The maximum atomic E-state index is 11.7. The second-order valence-corrected chi connectivity index (χ2v) is 12.7. The van der Waals surface area contributed by atoms with Crippen molar-refractivity contribution in [2.24, 2.45) is 17.3 Å². The van der Waals surface area contributed by atoms with Crippen LogP contribution in [0.15, 0.2) is 83.1 Å². The van der Waals surface area contributed by atoms with Gasteiger partial charge in [0.2, 0.25) is 0 Å². The number of carbonyl (C=O) groups excluding carboxylic acids is 1. The number of pyridine rings is 1. The SMILES string of the molecule is CC(C)(C)Cc1ccc(-c2ccnc3c2oc2cc4ccccc4[c-]c23)cc1.CCC(CC)C(=O)/C=C(\O)C(CC)CC.[Ir]. The molecule has 1 radical (unpaired) electrons. The summed E-state index contributed by atoms with van der Waals surface area (Å²) in [5.74, 6) is 0.547. The average molecular weight is 769 g/mol. The Hall–Kier alpha value is -3.27. The summed E-state index contributed by atoms with van der Waals surface area (Å²) in [5, 5.41) is 12.9. The molecular formula is C39H46IrNO3-. The molecule has 3 aromatic carbocycles. The molecule has 4 nitrogen and oxygen atoms in total. The van der Waals surface area contributed by atoms with Crippen molar-refractivity contribution in [2.45, 2.75) is 80.6 Å². The maximum Gasteiger partial charge on any atom is 0.162 e. The van der Waals surface area contributed by atoms with E-state index in [4.69, 9.17) is 4.42 Å². The smallest absolute Gasteiger partial charge is 0.162 e. The zero-order valence-electron chi connectivity index (χ0n) is 27.2. The topological polar surface area (TPSA) is 63.3 Å². The summed E-state index contributed by atoms with van der Waals surface area (Å²) >= 11 is 0. The van der Waals surface area contributed by atoms with Gasteiger partial charge in [-0.3, -0.25) is 9.78 Å². The molecular weight excluding hydrogens is 723 g/mol. The van der Waals surface area contributed by atoms with Crippen LogP contribution in [-0.4, -0.2) is 15.9 Å². The summed E-state index contributed by atoms with van der Waals surface area (Å²) in [6.07, 6.45) is 7.83. The number of aromatic nitrogens is 1. The zero-order chi connectivity index (χ0) is 31.1. The van der Waals surface area contributed by atoms with E-state index in [9.17, 15) is 9.90 Å². The Morgan fingerprint density at radius 2 is 1.57 bits per heavy atom. The van der Waals surface area contributed by atoms with Crippen LogP contribution >= 0.6 is 0 Å². The fraction of sp³-hybridized carbons (Fsp3) is 0.385. The van der Waals surface area contributed by atoms with E-state index in [1.165, 1.54) is 11.6 Å². The number of aliphatic hydroxyl groups is 1. The third-order valence-corrected chi connectivity index (χ3v) is 8.19. The molecule has 0 fully saturated rings.